The summed E-state index contributed by atoms with van der Waals surface area (Å²) in [4.78, 5) is 1.84. The summed E-state index contributed by atoms with van der Waals surface area (Å²) in [5.74, 6) is 1.04. The summed E-state index contributed by atoms with van der Waals surface area (Å²) in [6.45, 7) is 0. The molecular weight excluding hydrogens is 430 g/mol. The Morgan fingerprint density at radius 1 is 1.13 bits per heavy atom. The van der Waals surface area contributed by atoms with Crippen molar-refractivity contribution in [3.63, 3.8) is 0 Å². The summed E-state index contributed by atoms with van der Waals surface area (Å²) < 4.78 is 16.0. The second-order valence-corrected chi connectivity index (χ2v) is 6.70. The van der Waals surface area contributed by atoms with Gasteiger partial charge in [0.05, 0.1) is 5.02 Å². The highest BCUT2D eigenvalue weighted by molar-refractivity contribution is 14.1. The second kappa shape index (κ2) is 6.45. The molecule has 0 aliphatic heterocycles. The van der Waals surface area contributed by atoms with Crippen LogP contribution < -0.4 is 4.90 Å². The van der Waals surface area contributed by atoms with Crippen molar-refractivity contribution in [1.82, 2.24) is 14.8 Å². The number of anilines is 2. The van der Waals surface area contributed by atoms with Gasteiger partial charge in [0.2, 0.25) is 5.95 Å². The van der Waals surface area contributed by atoms with Crippen LogP contribution in [0, 0.1) is 9.39 Å². The predicted octanol–water partition coefficient (Wildman–Crippen LogP) is 4.65. The van der Waals surface area contributed by atoms with Crippen LogP contribution in [-0.4, -0.2) is 21.8 Å². The molecule has 0 saturated heterocycles. The topological polar surface area (TPSA) is 34.0 Å². The molecule has 0 unspecified atom stereocenters. The van der Waals surface area contributed by atoms with Crippen molar-refractivity contribution in [3.05, 3.63) is 56.9 Å². The molecule has 1 heterocycles. The Balaban J connectivity index is 2.00. The van der Waals surface area contributed by atoms with Gasteiger partial charge in [-0.3, -0.25) is 4.57 Å². The lowest BCUT2D eigenvalue weighted by Crippen LogP contribution is -2.14. The van der Waals surface area contributed by atoms with Gasteiger partial charge in [-0.1, -0.05) is 11.6 Å². The Bertz CT molecular complexity index is 848. The van der Waals surface area contributed by atoms with E-state index in [1.165, 1.54) is 12.1 Å². The van der Waals surface area contributed by atoms with E-state index >= 15 is 0 Å². The normalized spacial score (nSPS) is 10.8. The highest BCUT2D eigenvalue weighted by Crippen LogP contribution is 2.30. The summed E-state index contributed by atoms with van der Waals surface area (Å²) in [5, 5.41) is 9.12. The maximum absolute atomic E-state index is 13.1. The number of hydrogen-bond donors (Lipinski definition) is 0. The fourth-order valence-corrected chi connectivity index (χ4v) is 3.24. The van der Waals surface area contributed by atoms with Crippen molar-refractivity contribution in [2.24, 2.45) is 7.05 Å². The molecule has 0 amide bonds. The third-order valence-electron chi connectivity index (χ3n) is 3.54. The van der Waals surface area contributed by atoms with E-state index in [2.05, 4.69) is 32.8 Å². The first-order valence-corrected chi connectivity index (χ1v) is 8.27. The number of aromatic nitrogens is 3. The average Bonchev–Trinajstić information content (AvgIpc) is 2.89. The minimum atomic E-state index is -0.272. The lowest BCUT2D eigenvalue weighted by Gasteiger charge is -2.18. The van der Waals surface area contributed by atoms with Gasteiger partial charge in [-0.2, -0.15) is 0 Å². The van der Waals surface area contributed by atoms with E-state index in [4.69, 9.17) is 11.6 Å². The number of nitrogens with zero attached hydrogens (tertiary/aromatic N) is 4. The smallest absolute Gasteiger partial charge is 0.231 e. The van der Waals surface area contributed by atoms with Gasteiger partial charge in [0.25, 0.3) is 0 Å². The zero-order chi connectivity index (χ0) is 16.6. The van der Waals surface area contributed by atoms with E-state index in [-0.39, 0.29) is 5.82 Å². The summed E-state index contributed by atoms with van der Waals surface area (Å²) in [6.07, 6.45) is 0. The Kier molecular flexibility index (Phi) is 4.54. The van der Waals surface area contributed by atoms with Gasteiger partial charge in [0.1, 0.15) is 5.82 Å². The lowest BCUT2D eigenvalue weighted by atomic mass is 10.2. The Morgan fingerprint density at radius 2 is 1.83 bits per heavy atom. The van der Waals surface area contributed by atoms with Crippen molar-refractivity contribution >= 4 is 45.8 Å². The zero-order valence-electron chi connectivity index (χ0n) is 12.5. The first-order valence-electron chi connectivity index (χ1n) is 6.81. The van der Waals surface area contributed by atoms with Crippen LogP contribution in [0.2, 0.25) is 5.02 Å². The molecule has 23 heavy (non-hydrogen) atoms. The SMILES string of the molecule is CN(c1ccc(F)cc1)c1nnc(-c2ccc(I)cc2Cl)n1C. The number of hydrogen-bond acceptors (Lipinski definition) is 3. The first kappa shape index (κ1) is 16.2. The monoisotopic (exact) mass is 442 g/mol. The average molecular weight is 443 g/mol. The van der Waals surface area contributed by atoms with Gasteiger partial charge in [0.15, 0.2) is 5.82 Å². The third-order valence-corrected chi connectivity index (χ3v) is 4.52. The molecule has 0 spiro atoms. The highest BCUT2D eigenvalue weighted by atomic mass is 127. The molecule has 0 aliphatic carbocycles. The van der Waals surface area contributed by atoms with Crippen LogP contribution in [0.3, 0.4) is 0 Å². The molecule has 1 aromatic heterocycles. The number of halogens is 3. The molecule has 3 rings (SSSR count). The number of rotatable bonds is 3. The zero-order valence-corrected chi connectivity index (χ0v) is 15.4. The molecule has 0 N–H and O–H groups in total. The van der Waals surface area contributed by atoms with Crippen LogP contribution in [0.4, 0.5) is 16.0 Å². The van der Waals surface area contributed by atoms with E-state index < -0.39 is 0 Å². The van der Waals surface area contributed by atoms with Crippen molar-refractivity contribution in [3.8, 4) is 11.4 Å². The quantitative estimate of drug-likeness (QED) is 0.554. The Hall–Kier alpha value is -1.67. The second-order valence-electron chi connectivity index (χ2n) is 5.04. The van der Waals surface area contributed by atoms with Crippen LogP contribution in [0.1, 0.15) is 0 Å². The molecule has 7 heteroatoms. The molecule has 0 aliphatic rings. The fraction of sp³-hybridized carbons (Fsp3) is 0.125. The molecule has 0 bridgehead atoms. The maximum atomic E-state index is 13.1. The van der Waals surface area contributed by atoms with E-state index in [1.807, 2.05) is 41.8 Å². The molecule has 0 radical (unpaired) electrons. The molecule has 2 aromatic carbocycles. The molecular formula is C16H13ClFIN4. The fourth-order valence-electron chi connectivity index (χ4n) is 2.30. The van der Waals surface area contributed by atoms with E-state index in [9.17, 15) is 4.39 Å². The van der Waals surface area contributed by atoms with Crippen LogP contribution >= 0.6 is 34.2 Å². The first-order chi connectivity index (χ1) is 11.0. The van der Waals surface area contributed by atoms with Crippen molar-refractivity contribution < 1.29 is 4.39 Å². The van der Waals surface area contributed by atoms with E-state index in [0.717, 1.165) is 14.8 Å². The maximum Gasteiger partial charge on any atom is 0.231 e. The van der Waals surface area contributed by atoms with Crippen molar-refractivity contribution in [2.75, 3.05) is 11.9 Å². The van der Waals surface area contributed by atoms with Gasteiger partial charge in [-0.25, -0.2) is 4.39 Å². The molecule has 0 saturated carbocycles. The highest BCUT2D eigenvalue weighted by Gasteiger charge is 2.17. The van der Waals surface area contributed by atoms with E-state index in [0.29, 0.717) is 16.8 Å². The molecule has 0 fully saturated rings. The van der Waals surface area contributed by atoms with Gasteiger partial charge >= 0.3 is 0 Å². The van der Waals surface area contributed by atoms with Crippen molar-refractivity contribution in [1.29, 1.82) is 0 Å². The van der Waals surface area contributed by atoms with Crippen LogP contribution in [0.15, 0.2) is 42.5 Å². The Morgan fingerprint density at radius 3 is 2.48 bits per heavy atom. The van der Waals surface area contributed by atoms with Gasteiger partial charge in [0, 0.05) is 28.9 Å². The Labute approximate surface area is 152 Å². The third kappa shape index (κ3) is 3.18. The minimum Gasteiger partial charge on any atom is -0.314 e. The van der Waals surface area contributed by atoms with Crippen LogP contribution in [0.25, 0.3) is 11.4 Å². The van der Waals surface area contributed by atoms with Crippen LogP contribution in [-0.2, 0) is 7.05 Å². The largest absolute Gasteiger partial charge is 0.314 e. The van der Waals surface area contributed by atoms with Gasteiger partial charge < -0.3 is 4.90 Å². The summed E-state index contributed by atoms with van der Waals surface area (Å²) in [6, 6.07) is 12.0. The standard InChI is InChI=1S/C16H13ClFIN4/c1-22(12-6-3-10(18)4-7-12)16-21-20-15(23(16)2)13-8-5-11(19)9-14(13)17/h3-9H,1-2H3. The summed E-state index contributed by atoms with van der Waals surface area (Å²) in [5.41, 5.74) is 1.64. The summed E-state index contributed by atoms with van der Waals surface area (Å²) >= 11 is 8.53. The molecule has 4 nitrogen and oxygen atoms in total. The van der Waals surface area contributed by atoms with E-state index in [1.54, 1.807) is 12.1 Å². The van der Waals surface area contributed by atoms with Gasteiger partial charge in [-0.05, 0) is 65.1 Å². The van der Waals surface area contributed by atoms with Crippen LogP contribution in [0.5, 0.6) is 0 Å². The van der Waals surface area contributed by atoms with Crippen molar-refractivity contribution in [2.45, 2.75) is 0 Å². The predicted molar refractivity (Wildman–Crippen MR) is 98.6 cm³/mol. The molecule has 3 aromatic rings. The van der Waals surface area contributed by atoms with Gasteiger partial charge in [-0.15, -0.1) is 10.2 Å². The molecule has 118 valence electrons. The molecule has 0 atom stereocenters. The number of benzene rings is 2. The summed E-state index contributed by atoms with van der Waals surface area (Å²) in [7, 11) is 3.73. The lowest BCUT2D eigenvalue weighted by molar-refractivity contribution is 0.628. The minimum absolute atomic E-state index is 0.272.